The van der Waals surface area contributed by atoms with Crippen LogP contribution >= 0.6 is 0 Å². The third-order valence-electron chi connectivity index (χ3n) is 4.43. The monoisotopic (exact) mass is 358 g/mol. The Kier molecular flexibility index (Phi) is 4.88. The molecule has 0 aliphatic carbocycles. The Morgan fingerprint density at radius 2 is 2.00 bits per heavy atom. The van der Waals surface area contributed by atoms with E-state index in [0.717, 1.165) is 11.1 Å². The van der Waals surface area contributed by atoms with E-state index in [-0.39, 0.29) is 30.4 Å². The molecule has 1 saturated heterocycles. The summed E-state index contributed by atoms with van der Waals surface area (Å²) in [5.74, 6) is -0.0214. The van der Waals surface area contributed by atoms with E-state index in [1.54, 1.807) is 6.07 Å². The molecule has 136 valence electrons. The van der Waals surface area contributed by atoms with Crippen molar-refractivity contribution in [1.29, 1.82) is 0 Å². The number of aryl methyl sites for hydroxylation is 2. The number of benzene rings is 2. The summed E-state index contributed by atoms with van der Waals surface area (Å²) in [6, 6.07) is 11.2. The van der Waals surface area contributed by atoms with Gasteiger partial charge in [-0.1, -0.05) is 23.8 Å². The molecule has 1 fully saturated rings. The minimum Gasteiger partial charge on any atom is -0.485 e. The van der Waals surface area contributed by atoms with Crippen molar-refractivity contribution < 1.29 is 18.8 Å². The topological polar surface area (TPSA) is 72.7 Å². The van der Waals surface area contributed by atoms with Gasteiger partial charge < -0.3 is 9.64 Å². The highest BCUT2D eigenvalue weighted by Crippen LogP contribution is 2.25. The number of nitro groups is 1. The predicted molar refractivity (Wildman–Crippen MR) is 94.2 cm³/mol. The van der Waals surface area contributed by atoms with Crippen molar-refractivity contribution in [3.63, 3.8) is 0 Å². The Labute approximate surface area is 150 Å². The van der Waals surface area contributed by atoms with Gasteiger partial charge in [0.15, 0.2) is 6.17 Å². The summed E-state index contributed by atoms with van der Waals surface area (Å²) in [7, 11) is 0. The van der Waals surface area contributed by atoms with Crippen molar-refractivity contribution >= 4 is 11.6 Å². The zero-order valence-electron chi connectivity index (χ0n) is 14.5. The van der Waals surface area contributed by atoms with Crippen molar-refractivity contribution in [3.8, 4) is 5.75 Å². The molecular weight excluding hydrogens is 339 g/mol. The van der Waals surface area contributed by atoms with Gasteiger partial charge >= 0.3 is 0 Å². The number of nitrogens with zero attached hydrogens (tertiary/aromatic N) is 2. The summed E-state index contributed by atoms with van der Waals surface area (Å²) < 4.78 is 20.0. The molecule has 2 aromatic rings. The first-order valence-corrected chi connectivity index (χ1v) is 8.27. The van der Waals surface area contributed by atoms with Gasteiger partial charge in [-0.05, 0) is 31.5 Å². The standard InChI is InChI=1S/C19H19FN2O4/c1-12-6-7-13(2)16(8-12)19(23)21-10-17(20)18(11-21)26-15-5-3-4-14(9-15)22(24)25/h3-9,17-18H,10-11H2,1-2H3. The summed E-state index contributed by atoms with van der Waals surface area (Å²) in [5.41, 5.74) is 2.21. The van der Waals surface area contributed by atoms with Gasteiger partial charge in [-0.25, -0.2) is 4.39 Å². The molecule has 7 heteroatoms. The number of nitro benzene ring substituents is 1. The quantitative estimate of drug-likeness (QED) is 0.620. The summed E-state index contributed by atoms with van der Waals surface area (Å²) in [6.45, 7) is 3.76. The molecule has 0 saturated carbocycles. The van der Waals surface area contributed by atoms with Crippen molar-refractivity contribution in [2.24, 2.45) is 0 Å². The second-order valence-electron chi connectivity index (χ2n) is 6.46. The van der Waals surface area contributed by atoms with Crippen LogP contribution in [0.5, 0.6) is 5.75 Å². The summed E-state index contributed by atoms with van der Waals surface area (Å²) in [4.78, 5) is 24.4. The van der Waals surface area contributed by atoms with E-state index in [1.807, 2.05) is 26.0 Å². The molecule has 0 radical (unpaired) electrons. The number of non-ortho nitro benzene ring substituents is 1. The van der Waals surface area contributed by atoms with E-state index in [4.69, 9.17) is 4.74 Å². The minimum atomic E-state index is -1.36. The third-order valence-corrected chi connectivity index (χ3v) is 4.43. The molecule has 26 heavy (non-hydrogen) atoms. The lowest BCUT2D eigenvalue weighted by Gasteiger charge is -2.18. The third kappa shape index (κ3) is 3.66. The Morgan fingerprint density at radius 1 is 1.23 bits per heavy atom. The fourth-order valence-electron chi connectivity index (χ4n) is 2.99. The Morgan fingerprint density at radius 3 is 2.73 bits per heavy atom. The number of carbonyl (C=O) groups is 1. The molecule has 2 aromatic carbocycles. The maximum atomic E-state index is 14.4. The lowest BCUT2D eigenvalue weighted by atomic mass is 10.0. The average molecular weight is 358 g/mol. The van der Waals surface area contributed by atoms with Crippen molar-refractivity contribution in [3.05, 3.63) is 69.3 Å². The Bertz CT molecular complexity index is 855. The number of carbonyl (C=O) groups excluding carboxylic acids is 1. The number of alkyl halides is 1. The second-order valence-corrected chi connectivity index (χ2v) is 6.46. The van der Waals surface area contributed by atoms with Crippen LogP contribution in [0.25, 0.3) is 0 Å². The average Bonchev–Trinajstić information content (AvgIpc) is 2.97. The van der Waals surface area contributed by atoms with Gasteiger partial charge in [-0.3, -0.25) is 14.9 Å². The van der Waals surface area contributed by atoms with E-state index in [1.165, 1.54) is 29.2 Å². The first-order valence-electron chi connectivity index (χ1n) is 8.27. The highest BCUT2D eigenvalue weighted by Gasteiger charge is 2.37. The maximum Gasteiger partial charge on any atom is 0.273 e. The smallest absolute Gasteiger partial charge is 0.273 e. The van der Waals surface area contributed by atoms with Gasteiger partial charge in [0.25, 0.3) is 11.6 Å². The molecule has 1 aliphatic heterocycles. The first kappa shape index (κ1) is 17.8. The van der Waals surface area contributed by atoms with Gasteiger partial charge in [0.1, 0.15) is 11.9 Å². The van der Waals surface area contributed by atoms with Gasteiger partial charge in [0.05, 0.1) is 24.1 Å². The number of rotatable bonds is 4. The number of hydrogen-bond donors (Lipinski definition) is 0. The number of ether oxygens (including phenoxy) is 1. The van der Waals surface area contributed by atoms with Crippen molar-refractivity contribution in [1.82, 2.24) is 4.90 Å². The molecule has 3 rings (SSSR count). The van der Waals surface area contributed by atoms with Crippen LogP contribution < -0.4 is 4.74 Å². The van der Waals surface area contributed by atoms with Crippen LogP contribution in [0.1, 0.15) is 21.5 Å². The van der Waals surface area contributed by atoms with Gasteiger partial charge in [-0.2, -0.15) is 0 Å². The highest BCUT2D eigenvalue weighted by molar-refractivity contribution is 5.96. The maximum absolute atomic E-state index is 14.4. The highest BCUT2D eigenvalue weighted by atomic mass is 19.1. The van der Waals surface area contributed by atoms with Crippen LogP contribution in [0.2, 0.25) is 0 Å². The molecule has 0 aromatic heterocycles. The van der Waals surface area contributed by atoms with Gasteiger partial charge in [-0.15, -0.1) is 0 Å². The summed E-state index contributed by atoms with van der Waals surface area (Å²) in [5, 5.41) is 10.8. The Hall–Kier alpha value is -2.96. The molecule has 1 aliphatic rings. The van der Waals surface area contributed by atoms with Crippen LogP contribution in [0.3, 0.4) is 0 Å². The normalized spacial score (nSPS) is 19.4. The molecular formula is C19H19FN2O4. The fraction of sp³-hybridized carbons (Fsp3) is 0.316. The molecule has 0 N–H and O–H groups in total. The van der Waals surface area contributed by atoms with Crippen molar-refractivity contribution in [2.75, 3.05) is 13.1 Å². The van der Waals surface area contributed by atoms with E-state index in [9.17, 15) is 19.3 Å². The number of hydrogen-bond acceptors (Lipinski definition) is 4. The fourth-order valence-corrected chi connectivity index (χ4v) is 2.99. The largest absolute Gasteiger partial charge is 0.485 e. The molecule has 1 amide bonds. The van der Waals surface area contributed by atoms with E-state index in [0.29, 0.717) is 5.56 Å². The zero-order valence-corrected chi connectivity index (χ0v) is 14.5. The summed E-state index contributed by atoms with van der Waals surface area (Å²) in [6.07, 6.45) is -2.21. The van der Waals surface area contributed by atoms with E-state index >= 15 is 0 Å². The molecule has 1 heterocycles. The van der Waals surface area contributed by atoms with Crippen LogP contribution in [0.4, 0.5) is 10.1 Å². The predicted octanol–water partition coefficient (Wildman–Crippen LogP) is 3.45. The number of amides is 1. The molecule has 0 spiro atoms. The van der Waals surface area contributed by atoms with Gasteiger partial charge in [0.2, 0.25) is 0 Å². The van der Waals surface area contributed by atoms with Crippen LogP contribution in [0, 0.1) is 24.0 Å². The first-order chi connectivity index (χ1) is 12.3. The lowest BCUT2D eigenvalue weighted by Crippen LogP contribution is -2.31. The molecule has 2 atom stereocenters. The van der Waals surface area contributed by atoms with E-state index in [2.05, 4.69) is 0 Å². The van der Waals surface area contributed by atoms with E-state index < -0.39 is 17.2 Å². The second kappa shape index (κ2) is 7.11. The lowest BCUT2D eigenvalue weighted by molar-refractivity contribution is -0.385. The SMILES string of the molecule is Cc1ccc(C)c(C(=O)N2CC(F)C(Oc3cccc([N+](=O)[O-])c3)C2)c1. The van der Waals surface area contributed by atoms with Crippen LogP contribution in [-0.4, -0.2) is 41.1 Å². The molecule has 6 nitrogen and oxygen atoms in total. The number of likely N-dealkylation sites (tertiary alicyclic amines) is 1. The zero-order chi connectivity index (χ0) is 18.8. The minimum absolute atomic E-state index is 0.0637. The van der Waals surface area contributed by atoms with Gasteiger partial charge in [0, 0.05) is 11.6 Å². The summed E-state index contributed by atoms with van der Waals surface area (Å²) >= 11 is 0. The van der Waals surface area contributed by atoms with Crippen molar-refractivity contribution in [2.45, 2.75) is 26.1 Å². The molecule has 0 bridgehead atoms. The number of halogens is 1. The van der Waals surface area contributed by atoms with Crippen LogP contribution in [0.15, 0.2) is 42.5 Å². The van der Waals surface area contributed by atoms with Crippen LogP contribution in [-0.2, 0) is 0 Å². The molecule has 2 unspecified atom stereocenters. The Balaban J connectivity index is 1.73.